The molecule has 1 aromatic heterocycles. The van der Waals surface area contributed by atoms with Crippen LogP contribution in [-0.4, -0.2) is 57.8 Å². The van der Waals surface area contributed by atoms with Gasteiger partial charge < -0.3 is 23.9 Å². The quantitative estimate of drug-likeness (QED) is 0.612. The van der Waals surface area contributed by atoms with Crippen LogP contribution in [-0.2, 0) is 17.7 Å². The first kappa shape index (κ1) is 21.5. The molecule has 3 aromatic rings. The summed E-state index contributed by atoms with van der Waals surface area (Å²) in [5.41, 5.74) is 5.54. The minimum absolute atomic E-state index is 0.132. The minimum atomic E-state index is -0.134. The zero-order valence-corrected chi connectivity index (χ0v) is 19.4. The third kappa shape index (κ3) is 4.09. The first-order valence-corrected chi connectivity index (χ1v) is 11.4. The number of carbonyl (C=O) groups excluding carboxylic acids is 1. The van der Waals surface area contributed by atoms with Gasteiger partial charge in [0, 0.05) is 63.2 Å². The molecule has 0 aliphatic carbocycles. The molecule has 2 aliphatic heterocycles. The molecule has 7 nitrogen and oxygen atoms in total. The van der Waals surface area contributed by atoms with Crippen molar-refractivity contribution in [1.82, 2.24) is 4.90 Å². The summed E-state index contributed by atoms with van der Waals surface area (Å²) in [6.07, 6.45) is 0.980. The van der Waals surface area contributed by atoms with Crippen molar-refractivity contribution in [1.29, 1.82) is 0 Å². The van der Waals surface area contributed by atoms with Crippen molar-refractivity contribution >= 4 is 28.4 Å². The minimum Gasteiger partial charge on any atom is -0.440 e. The Kier molecular flexibility index (Phi) is 5.58. The van der Waals surface area contributed by atoms with Gasteiger partial charge in [0.25, 0.3) is 5.91 Å². The Bertz CT molecular complexity index is 1270. The second kappa shape index (κ2) is 8.56. The number of hydrogen-bond donors (Lipinski definition) is 0. The number of fused-ring (bicyclic) bond motifs is 2. The van der Waals surface area contributed by atoms with Crippen LogP contribution in [0.3, 0.4) is 0 Å². The molecule has 5 rings (SSSR count). The highest BCUT2D eigenvalue weighted by molar-refractivity contribution is 5.98. The molecule has 172 valence electrons. The van der Waals surface area contributed by atoms with Gasteiger partial charge in [-0.05, 0) is 37.1 Å². The molecule has 0 saturated carbocycles. The summed E-state index contributed by atoms with van der Waals surface area (Å²) < 4.78 is 11.8. The predicted molar refractivity (Wildman–Crippen MR) is 129 cm³/mol. The summed E-state index contributed by atoms with van der Waals surface area (Å²) in [7, 11) is 3.44. The summed E-state index contributed by atoms with van der Waals surface area (Å²) in [5, 5.41) is 0.443. The number of rotatable bonds is 4. The van der Waals surface area contributed by atoms with Crippen LogP contribution in [0.1, 0.15) is 27.0 Å². The van der Waals surface area contributed by atoms with E-state index in [4.69, 9.17) is 9.15 Å². The second-order valence-electron chi connectivity index (χ2n) is 9.06. The molecule has 1 fully saturated rings. The van der Waals surface area contributed by atoms with E-state index in [1.807, 2.05) is 11.0 Å². The van der Waals surface area contributed by atoms with Crippen molar-refractivity contribution in [2.75, 3.05) is 56.7 Å². The third-order valence-corrected chi connectivity index (χ3v) is 6.46. The number of ether oxygens (including phenoxy) is 1. The maximum absolute atomic E-state index is 13.2. The topological polar surface area (TPSA) is 66.2 Å². The Morgan fingerprint density at radius 3 is 2.61 bits per heavy atom. The van der Waals surface area contributed by atoms with Gasteiger partial charge in [0.2, 0.25) is 0 Å². The molecule has 33 heavy (non-hydrogen) atoms. The van der Waals surface area contributed by atoms with Crippen LogP contribution in [0.15, 0.2) is 45.6 Å². The van der Waals surface area contributed by atoms with E-state index in [0.717, 1.165) is 18.5 Å². The van der Waals surface area contributed by atoms with Gasteiger partial charge in [0.05, 0.1) is 18.6 Å². The van der Waals surface area contributed by atoms with Gasteiger partial charge in [0.15, 0.2) is 11.3 Å². The number of hydrogen-bond acceptors (Lipinski definition) is 6. The summed E-state index contributed by atoms with van der Waals surface area (Å²) >= 11 is 0. The third-order valence-electron chi connectivity index (χ3n) is 6.46. The number of morpholine rings is 1. The number of aryl methyl sites for hydroxylation is 1. The smallest absolute Gasteiger partial charge is 0.253 e. The first-order valence-electron chi connectivity index (χ1n) is 11.4. The van der Waals surface area contributed by atoms with E-state index >= 15 is 0 Å². The number of benzene rings is 2. The van der Waals surface area contributed by atoms with E-state index in [-0.39, 0.29) is 11.3 Å². The molecule has 1 saturated heterocycles. The van der Waals surface area contributed by atoms with Crippen LogP contribution in [0.4, 0.5) is 11.6 Å². The highest BCUT2D eigenvalue weighted by Gasteiger charge is 2.24. The van der Waals surface area contributed by atoms with Crippen molar-refractivity contribution in [3.05, 3.63) is 68.9 Å². The lowest BCUT2D eigenvalue weighted by Gasteiger charge is -2.27. The SMILES string of the molecule is Cc1ccc2c(c1)CCN2Cc1cc(C(=O)N(C)C)cc2c(=O)cc(N3CCOCC3)oc12. The maximum atomic E-state index is 13.2. The summed E-state index contributed by atoms with van der Waals surface area (Å²) in [6, 6.07) is 11.6. The predicted octanol–water partition coefficient (Wildman–Crippen LogP) is 3.20. The van der Waals surface area contributed by atoms with Gasteiger partial charge in [0.1, 0.15) is 5.58 Å². The van der Waals surface area contributed by atoms with Crippen LogP contribution < -0.4 is 15.2 Å². The van der Waals surface area contributed by atoms with E-state index in [9.17, 15) is 9.59 Å². The van der Waals surface area contributed by atoms with Crippen molar-refractivity contribution in [2.24, 2.45) is 0 Å². The molecule has 2 aliphatic rings. The monoisotopic (exact) mass is 447 g/mol. The number of carbonyl (C=O) groups is 1. The Balaban J connectivity index is 1.62. The average Bonchev–Trinajstić information content (AvgIpc) is 3.20. The maximum Gasteiger partial charge on any atom is 0.253 e. The molecule has 0 bridgehead atoms. The Morgan fingerprint density at radius 2 is 1.85 bits per heavy atom. The van der Waals surface area contributed by atoms with E-state index in [1.54, 1.807) is 20.2 Å². The fourth-order valence-electron chi connectivity index (χ4n) is 4.72. The number of amides is 1. The molecule has 3 heterocycles. The number of anilines is 2. The molecular weight excluding hydrogens is 418 g/mol. The Hall–Kier alpha value is -3.32. The van der Waals surface area contributed by atoms with E-state index in [2.05, 4.69) is 30.0 Å². The summed E-state index contributed by atoms with van der Waals surface area (Å²) in [5.74, 6) is 0.424. The fourth-order valence-corrected chi connectivity index (χ4v) is 4.72. The molecule has 0 spiro atoms. The van der Waals surface area contributed by atoms with E-state index in [0.29, 0.717) is 55.3 Å². The van der Waals surface area contributed by atoms with Gasteiger partial charge in [-0.3, -0.25) is 9.59 Å². The van der Waals surface area contributed by atoms with Gasteiger partial charge in [-0.15, -0.1) is 0 Å². The van der Waals surface area contributed by atoms with Crippen LogP contribution in [0.25, 0.3) is 11.0 Å². The van der Waals surface area contributed by atoms with Crippen LogP contribution in [0.2, 0.25) is 0 Å². The lowest BCUT2D eigenvalue weighted by Crippen LogP contribution is -2.36. The van der Waals surface area contributed by atoms with Crippen molar-refractivity contribution in [3.8, 4) is 0 Å². The normalized spacial score (nSPS) is 15.7. The van der Waals surface area contributed by atoms with E-state index in [1.165, 1.54) is 27.8 Å². The first-order chi connectivity index (χ1) is 15.9. The van der Waals surface area contributed by atoms with Gasteiger partial charge in [-0.2, -0.15) is 0 Å². The Morgan fingerprint density at radius 1 is 1.06 bits per heavy atom. The molecule has 1 amide bonds. The Labute approximate surface area is 193 Å². The zero-order chi connectivity index (χ0) is 23.1. The molecule has 0 radical (unpaired) electrons. The second-order valence-corrected chi connectivity index (χ2v) is 9.06. The lowest BCUT2D eigenvalue weighted by atomic mass is 10.0. The average molecular weight is 448 g/mol. The molecular formula is C26H29N3O4. The molecule has 0 atom stereocenters. The lowest BCUT2D eigenvalue weighted by molar-refractivity contribution is 0.0827. The van der Waals surface area contributed by atoms with Crippen LogP contribution in [0.5, 0.6) is 0 Å². The van der Waals surface area contributed by atoms with Crippen molar-refractivity contribution in [2.45, 2.75) is 19.9 Å². The molecule has 0 unspecified atom stereocenters. The molecule has 2 aromatic carbocycles. The summed E-state index contributed by atoms with van der Waals surface area (Å²) in [4.78, 5) is 31.8. The molecule has 7 heteroatoms. The van der Waals surface area contributed by atoms with Crippen molar-refractivity contribution in [3.63, 3.8) is 0 Å². The highest BCUT2D eigenvalue weighted by Crippen LogP contribution is 2.32. The standard InChI is InChI=1S/C26H29N3O4/c1-17-4-5-22-18(12-17)6-7-29(22)16-20-13-19(26(31)27(2)3)14-21-23(30)15-24(33-25(20)21)28-8-10-32-11-9-28/h4-5,12-15H,6-11,16H2,1-3H3. The van der Waals surface area contributed by atoms with E-state index < -0.39 is 0 Å². The van der Waals surface area contributed by atoms with Crippen LogP contribution >= 0.6 is 0 Å². The van der Waals surface area contributed by atoms with Crippen molar-refractivity contribution < 1.29 is 13.9 Å². The fraction of sp³-hybridized carbons (Fsp3) is 0.385. The van der Waals surface area contributed by atoms with Gasteiger partial charge in [-0.25, -0.2) is 0 Å². The highest BCUT2D eigenvalue weighted by atomic mass is 16.5. The summed E-state index contributed by atoms with van der Waals surface area (Å²) in [6.45, 7) is 6.13. The number of nitrogens with zero attached hydrogens (tertiary/aromatic N) is 3. The van der Waals surface area contributed by atoms with Gasteiger partial charge >= 0.3 is 0 Å². The molecule has 0 N–H and O–H groups in total. The van der Waals surface area contributed by atoms with Crippen LogP contribution in [0, 0.1) is 6.92 Å². The van der Waals surface area contributed by atoms with Gasteiger partial charge in [-0.1, -0.05) is 17.7 Å². The largest absolute Gasteiger partial charge is 0.440 e. The zero-order valence-electron chi connectivity index (χ0n) is 19.4.